The molecule has 3 nitrogen and oxygen atoms in total. The van der Waals surface area contributed by atoms with E-state index in [1.54, 1.807) is 0 Å². The molecule has 2 rings (SSSR count). The zero-order valence-corrected chi connectivity index (χ0v) is 9.87. The van der Waals surface area contributed by atoms with Crippen molar-refractivity contribution in [2.75, 3.05) is 12.9 Å². The van der Waals surface area contributed by atoms with Crippen LogP contribution >= 0.6 is 11.6 Å². The van der Waals surface area contributed by atoms with E-state index >= 15 is 0 Å². The quantitative estimate of drug-likeness (QED) is 0.548. The predicted molar refractivity (Wildman–Crippen MR) is 59.0 cm³/mol. The van der Waals surface area contributed by atoms with E-state index in [9.17, 15) is 4.79 Å². The van der Waals surface area contributed by atoms with Gasteiger partial charge in [-0.3, -0.25) is 4.79 Å². The van der Waals surface area contributed by atoms with E-state index in [4.69, 9.17) is 16.3 Å². The van der Waals surface area contributed by atoms with Crippen LogP contribution < -0.4 is 0 Å². The van der Waals surface area contributed by atoms with Gasteiger partial charge in [0.1, 0.15) is 6.10 Å². The third-order valence-electron chi connectivity index (χ3n) is 3.65. The summed E-state index contributed by atoms with van der Waals surface area (Å²) < 4.78 is 5.41. The average molecular weight is 232 g/mol. The van der Waals surface area contributed by atoms with Gasteiger partial charge in [0.25, 0.3) is 0 Å². The van der Waals surface area contributed by atoms with E-state index < -0.39 is 0 Å². The topological polar surface area (TPSA) is 29.5 Å². The Hall–Kier alpha value is -0.280. The number of halogens is 1. The van der Waals surface area contributed by atoms with Crippen LogP contribution in [0, 0.1) is 0 Å². The molecule has 2 atom stereocenters. The summed E-state index contributed by atoms with van der Waals surface area (Å²) in [5.41, 5.74) is 0. The minimum Gasteiger partial charge on any atom is -0.462 e. The molecule has 4 heteroatoms. The second kappa shape index (κ2) is 4.71. The molecule has 0 aliphatic carbocycles. The average Bonchev–Trinajstić information content (AvgIpc) is 2.43. The van der Waals surface area contributed by atoms with Gasteiger partial charge in [0.15, 0.2) is 0 Å². The third-order valence-corrected chi connectivity index (χ3v) is 3.84. The second-order valence-corrected chi connectivity index (χ2v) is 4.95. The maximum atomic E-state index is 11.3. The molecule has 2 aliphatic heterocycles. The van der Waals surface area contributed by atoms with E-state index in [1.807, 2.05) is 0 Å². The van der Waals surface area contributed by atoms with Gasteiger partial charge in [-0.15, -0.1) is 11.6 Å². The van der Waals surface area contributed by atoms with Crippen LogP contribution in [0.1, 0.15) is 32.1 Å². The summed E-state index contributed by atoms with van der Waals surface area (Å²) in [6.45, 7) is 0. The first-order chi connectivity index (χ1) is 7.20. The van der Waals surface area contributed by atoms with Crippen LogP contribution in [0.3, 0.4) is 0 Å². The van der Waals surface area contributed by atoms with Gasteiger partial charge in [0, 0.05) is 18.0 Å². The zero-order chi connectivity index (χ0) is 10.8. The van der Waals surface area contributed by atoms with Crippen LogP contribution in [0.5, 0.6) is 0 Å². The maximum absolute atomic E-state index is 11.3. The molecule has 0 N–H and O–H groups in total. The number of rotatable bonds is 3. The molecule has 0 aromatic rings. The fraction of sp³-hybridized carbons (Fsp3) is 0.909. The Labute approximate surface area is 95.7 Å². The van der Waals surface area contributed by atoms with Crippen LogP contribution in [-0.4, -0.2) is 42.0 Å². The lowest BCUT2D eigenvalue weighted by Gasteiger charge is -2.35. The fourth-order valence-corrected chi connectivity index (χ4v) is 2.93. The first kappa shape index (κ1) is 11.2. The van der Waals surface area contributed by atoms with Crippen molar-refractivity contribution in [3.05, 3.63) is 0 Å². The SMILES string of the molecule is CN1[C@@H]2CC[C@@H]1CC(OC(=O)CCCl)C2. The number of hydrogen-bond acceptors (Lipinski definition) is 3. The summed E-state index contributed by atoms with van der Waals surface area (Å²) in [4.78, 5) is 13.7. The lowest BCUT2D eigenvalue weighted by atomic mass is 10.0. The Morgan fingerprint density at radius 3 is 2.53 bits per heavy atom. The normalized spacial score (nSPS) is 35.5. The molecule has 0 amide bonds. The van der Waals surface area contributed by atoms with E-state index in [2.05, 4.69) is 11.9 Å². The number of alkyl halides is 1. The van der Waals surface area contributed by atoms with Crippen molar-refractivity contribution in [1.82, 2.24) is 4.90 Å². The van der Waals surface area contributed by atoms with Crippen molar-refractivity contribution in [1.29, 1.82) is 0 Å². The van der Waals surface area contributed by atoms with E-state index in [0.717, 1.165) is 12.8 Å². The van der Waals surface area contributed by atoms with Crippen LogP contribution in [-0.2, 0) is 9.53 Å². The zero-order valence-electron chi connectivity index (χ0n) is 9.12. The number of nitrogens with zero attached hydrogens (tertiary/aromatic N) is 1. The molecule has 0 aromatic carbocycles. The molecule has 2 aliphatic rings. The molecule has 0 unspecified atom stereocenters. The molecule has 15 heavy (non-hydrogen) atoms. The van der Waals surface area contributed by atoms with Crippen molar-refractivity contribution >= 4 is 17.6 Å². The molecule has 0 spiro atoms. The first-order valence-electron chi connectivity index (χ1n) is 5.68. The number of ether oxygens (including phenoxy) is 1. The van der Waals surface area contributed by atoms with Gasteiger partial charge in [-0.25, -0.2) is 0 Å². The summed E-state index contributed by atoms with van der Waals surface area (Å²) >= 11 is 5.50. The van der Waals surface area contributed by atoms with Gasteiger partial charge < -0.3 is 9.64 Å². The molecule has 2 fully saturated rings. The molecular formula is C11H18ClNO2. The summed E-state index contributed by atoms with van der Waals surface area (Å²) in [5.74, 6) is 0.220. The van der Waals surface area contributed by atoms with Gasteiger partial charge in [0.2, 0.25) is 0 Å². The van der Waals surface area contributed by atoms with Crippen LogP contribution in [0.15, 0.2) is 0 Å². The third kappa shape index (κ3) is 2.45. The molecular weight excluding hydrogens is 214 g/mol. The van der Waals surface area contributed by atoms with Gasteiger partial charge in [-0.2, -0.15) is 0 Å². The van der Waals surface area contributed by atoms with Gasteiger partial charge in [-0.1, -0.05) is 0 Å². The molecule has 2 bridgehead atoms. The van der Waals surface area contributed by atoms with Gasteiger partial charge in [-0.05, 0) is 32.7 Å². The van der Waals surface area contributed by atoms with Crippen molar-refractivity contribution < 1.29 is 9.53 Å². The number of fused-ring (bicyclic) bond motifs is 2. The highest BCUT2D eigenvalue weighted by atomic mass is 35.5. The first-order valence-corrected chi connectivity index (χ1v) is 6.21. The number of piperidine rings is 1. The smallest absolute Gasteiger partial charge is 0.307 e. The van der Waals surface area contributed by atoms with Gasteiger partial charge >= 0.3 is 5.97 Å². The molecule has 0 saturated carbocycles. The van der Waals surface area contributed by atoms with E-state index in [0.29, 0.717) is 24.4 Å². The molecule has 2 heterocycles. The fourth-order valence-electron chi connectivity index (χ4n) is 2.78. The van der Waals surface area contributed by atoms with Crippen LogP contribution in [0.25, 0.3) is 0 Å². The highest BCUT2D eigenvalue weighted by Gasteiger charge is 2.39. The Morgan fingerprint density at radius 2 is 2.00 bits per heavy atom. The highest BCUT2D eigenvalue weighted by molar-refractivity contribution is 6.18. The largest absolute Gasteiger partial charge is 0.462 e. The molecule has 0 radical (unpaired) electrons. The Balaban J connectivity index is 1.84. The van der Waals surface area contributed by atoms with Crippen LogP contribution in [0.2, 0.25) is 0 Å². The maximum Gasteiger partial charge on any atom is 0.307 e. The number of hydrogen-bond donors (Lipinski definition) is 0. The van der Waals surface area contributed by atoms with E-state index in [1.165, 1.54) is 12.8 Å². The highest BCUT2D eigenvalue weighted by Crippen LogP contribution is 2.35. The minimum absolute atomic E-state index is 0.134. The Kier molecular flexibility index (Phi) is 3.52. The Morgan fingerprint density at radius 1 is 1.40 bits per heavy atom. The molecule has 0 aromatic heterocycles. The van der Waals surface area contributed by atoms with E-state index in [-0.39, 0.29) is 12.1 Å². The Bertz CT molecular complexity index is 233. The van der Waals surface area contributed by atoms with Crippen molar-refractivity contribution in [3.8, 4) is 0 Å². The predicted octanol–water partition coefficient (Wildman–Crippen LogP) is 1.78. The summed E-state index contributed by atoms with van der Waals surface area (Å²) in [5, 5.41) is 0. The minimum atomic E-state index is -0.140. The summed E-state index contributed by atoms with van der Waals surface area (Å²) in [6.07, 6.45) is 4.98. The summed E-state index contributed by atoms with van der Waals surface area (Å²) in [6, 6.07) is 1.25. The standard InChI is InChI=1S/C11H18ClNO2/c1-13-8-2-3-9(13)7-10(6-8)15-11(14)4-5-12/h8-10H,2-7H2,1H3/t8-,9-/m1/s1. The molecule has 2 saturated heterocycles. The number of carbonyl (C=O) groups is 1. The lowest BCUT2D eigenvalue weighted by Crippen LogP contribution is -2.43. The van der Waals surface area contributed by atoms with Crippen molar-refractivity contribution in [2.24, 2.45) is 0 Å². The van der Waals surface area contributed by atoms with Gasteiger partial charge in [0.05, 0.1) is 6.42 Å². The molecule has 86 valence electrons. The number of esters is 1. The van der Waals surface area contributed by atoms with Crippen molar-refractivity contribution in [3.63, 3.8) is 0 Å². The van der Waals surface area contributed by atoms with Crippen molar-refractivity contribution in [2.45, 2.75) is 50.3 Å². The monoisotopic (exact) mass is 231 g/mol. The summed E-state index contributed by atoms with van der Waals surface area (Å²) in [7, 11) is 2.18. The van der Waals surface area contributed by atoms with Crippen LogP contribution in [0.4, 0.5) is 0 Å². The lowest BCUT2D eigenvalue weighted by molar-refractivity contribution is -0.151. The second-order valence-electron chi connectivity index (χ2n) is 4.57. The number of carbonyl (C=O) groups excluding carboxylic acids is 1.